The average Bonchev–Trinajstić information content (AvgIpc) is 1.95. The first-order valence-electron chi connectivity index (χ1n) is 3.85. The molecule has 1 unspecified atom stereocenters. The highest BCUT2D eigenvalue weighted by Crippen LogP contribution is 2.20. The third-order valence-electron chi connectivity index (χ3n) is 1.39. The third-order valence-corrected chi connectivity index (χ3v) is 1.39. The fourth-order valence-corrected chi connectivity index (χ4v) is 0.743. The van der Waals surface area contributed by atoms with E-state index in [0.717, 1.165) is 20.0 Å². The quantitative estimate of drug-likeness (QED) is 0.521. The molecule has 0 saturated carbocycles. The normalized spacial score (nSPS) is 14.8. The van der Waals surface area contributed by atoms with Crippen LogP contribution in [0.25, 0.3) is 0 Å². The first-order chi connectivity index (χ1) is 5.52. The molecule has 0 fully saturated rings. The fourth-order valence-electron chi connectivity index (χ4n) is 0.743. The van der Waals surface area contributed by atoms with E-state index in [9.17, 15) is 13.2 Å². The van der Waals surface area contributed by atoms with Gasteiger partial charge in [0.1, 0.15) is 0 Å². The Bertz CT molecular complexity index is 116. The van der Waals surface area contributed by atoms with Crippen molar-refractivity contribution >= 4 is 0 Å². The molecule has 0 spiro atoms. The Labute approximate surface area is 70.1 Å². The zero-order chi connectivity index (χ0) is 9.61. The topological polar surface area (TPSA) is 21.3 Å². The van der Waals surface area contributed by atoms with Crippen molar-refractivity contribution < 1.29 is 17.9 Å². The first kappa shape index (κ1) is 11.7. The minimum absolute atomic E-state index is 0.328. The molecule has 0 aliphatic carbocycles. The molecule has 0 aromatic carbocycles. The Kier molecular flexibility index (Phi) is 5.24. The van der Waals surface area contributed by atoms with Crippen LogP contribution in [-0.4, -0.2) is 26.1 Å². The highest BCUT2D eigenvalue weighted by Gasteiger charge is 2.39. The molecule has 0 aliphatic heterocycles. The van der Waals surface area contributed by atoms with E-state index in [1.54, 1.807) is 0 Å². The fraction of sp³-hybridized carbons (Fsp3) is 1.00. The number of methoxy groups -OCH3 is 1. The average molecular weight is 185 g/mol. The van der Waals surface area contributed by atoms with Crippen LogP contribution in [0.4, 0.5) is 13.2 Å². The van der Waals surface area contributed by atoms with E-state index in [4.69, 9.17) is 0 Å². The van der Waals surface area contributed by atoms with E-state index < -0.39 is 12.4 Å². The smallest absolute Gasteiger partial charge is 0.358 e. The Hall–Kier alpha value is -0.290. The second-order valence-corrected chi connectivity index (χ2v) is 2.47. The van der Waals surface area contributed by atoms with Crippen LogP contribution in [-0.2, 0) is 4.74 Å². The molecule has 12 heavy (non-hydrogen) atoms. The van der Waals surface area contributed by atoms with E-state index in [1.165, 1.54) is 0 Å². The van der Waals surface area contributed by atoms with Gasteiger partial charge in [-0.1, -0.05) is 13.3 Å². The zero-order valence-corrected chi connectivity index (χ0v) is 7.24. The van der Waals surface area contributed by atoms with E-state index in [1.807, 2.05) is 6.92 Å². The monoisotopic (exact) mass is 185 g/mol. The molecule has 0 saturated heterocycles. The van der Waals surface area contributed by atoms with Crippen LogP contribution in [0.5, 0.6) is 0 Å². The number of alkyl halides is 3. The van der Waals surface area contributed by atoms with Crippen LogP contribution in [0.2, 0.25) is 0 Å². The minimum atomic E-state index is -4.32. The number of ether oxygens (including phenoxy) is 1. The van der Waals surface area contributed by atoms with E-state index in [-0.39, 0.29) is 0 Å². The minimum Gasteiger partial charge on any atom is -0.358 e. The molecule has 0 aliphatic rings. The predicted octanol–water partition coefficient (Wildman–Crippen LogP) is 1.91. The van der Waals surface area contributed by atoms with Crippen molar-refractivity contribution in [3.8, 4) is 0 Å². The van der Waals surface area contributed by atoms with Crippen LogP contribution in [0, 0.1) is 0 Å². The van der Waals surface area contributed by atoms with Gasteiger partial charge in [0.25, 0.3) is 0 Å². The lowest BCUT2D eigenvalue weighted by Gasteiger charge is -2.19. The van der Waals surface area contributed by atoms with Gasteiger partial charge in [0, 0.05) is 7.11 Å². The van der Waals surface area contributed by atoms with E-state index >= 15 is 0 Å². The first-order valence-corrected chi connectivity index (χ1v) is 3.85. The maximum absolute atomic E-state index is 12.0. The SMILES string of the molecule is CCCCNC(OC)C(F)(F)F. The molecule has 0 bridgehead atoms. The standard InChI is InChI=1S/C7H14F3NO/c1-3-4-5-11-6(12-2)7(8,9)10/h6,11H,3-5H2,1-2H3. The molecular weight excluding hydrogens is 171 g/mol. The number of nitrogens with one attached hydrogen (secondary N) is 1. The van der Waals surface area contributed by atoms with Crippen molar-refractivity contribution in [2.75, 3.05) is 13.7 Å². The molecule has 0 rings (SSSR count). The lowest BCUT2D eigenvalue weighted by Crippen LogP contribution is -2.43. The predicted molar refractivity (Wildman–Crippen MR) is 39.8 cm³/mol. The van der Waals surface area contributed by atoms with Gasteiger partial charge in [0.15, 0.2) is 0 Å². The van der Waals surface area contributed by atoms with Crippen LogP contribution in [0.1, 0.15) is 19.8 Å². The molecule has 0 amide bonds. The summed E-state index contributed by atoms with van der Waals surface area (Å²) >= 11 is 0. The molecule has 1 N–H and O–H groups in total. The summed E-state index contributed by atoms with van der Waals surface area (Å²) in [6.45, 7) is 2.24. The van der Waals surface area contributed by atoms with Crippen LogP contribution < -0.4 is 5.32 Å². The summed E-state index contributed by atoms with van der Waals surface area (Å²) in [6.07, 6.45) is -4.57. The van der Waals surface area contributed by atoms with Gasteiger partial charge in [-0.3, -0.25) is 5.32 Å². The van der Waals surface area contributed by atoms with Crippen molar-refractivity contribution in [3.05, 3.63) is 0 Å². The van der Waals surface area contributed by atoms with Crippen molar-refractivity contribution in [2.45, 2.75) is 32.2 Å². The summed E-state index contributed by atoms with van der Waals surface area (Å²) in [5.74, 6) is 0. The van der Waals surface area contributed by atoms with Gasteiger partial charge in [0.2, 0.25) is 6.23 Å². The van der Waals surface area contributed by atoms with Crippen molar-refractivity contribution in [3.63, 3.8) is 0 Å². The van der Waals surface area contributed by atoms with Crippen LogP contribution in [0.3, 0.4) is 0 Å². The summed E-state index contributed by atoms with van der Waals surface area (Å²) in [7, 11) is 1.04. The zero-order valence-electron chi connectivity index (χ0n) is 7.24. The Morgan fingerprint density at radius 3 is 2.33 bits per heavy atom. The molecule has 74 valence electrons. The molecule has 0 aromatic heterocycles. The molecule has 5 heteroatoms. The molecule has 2 nitrogen and oxygen atoms in total. The van der Waals surface area contributed by atoms with Gasteiger partial charge in [-0.2, -0.15) is 13.2 Å². The Morgan fingerprint density at radius 2 is 2.00 bits per heavy atom. The van der Waals surface area contributed by atoms with Crippen LogP contribution in [0.15, 0.2) is 0 Å². The number of rotatable bonds is 5. The second kappa shape index (κ2) is 5.37. The molecule has 0 radical (unpaired) electrons. The Balaban J connectivity index is 3.68. The summed E-state index contributed by atoms with van der Waals surface area (Å²) < 4.78 is 40.1. The van der Waals surface area contributed by atoms with Gasteiger partial charge in [-0.25, -0.2) is 0 Å². The van der Waals surface area contributed by atoms with Crippen LogP contribution >= 0.6 is 0 Å². The van der Waals surface area contributed by atoms with Gasteiger partial charge in [0.05, 0.1) is 0 Å². The third kappa shape index (κ3) is 4.56. The highest BCUT2D eigenvalue weighted by molar-refractivity contribution is 4.63. The largest absolute Gasteiger partial charge is 0.428 e. The van der Waals surface area contributed by atoms with E-state index in [2.05, 4.69) is 10.1 Å². The van der Waals surface area contributed by atoms with Gasteiger partial charge in [-0.15, -0.1) is 0 Å². The second-order valence-electron chi connectivity index (χ2n) is 2.47. The number of hydrogen-bond acceptors (Lipinski definition) is 2. The summed E-state index contributed by atoms with van der Waals surface area (Å²) in [6, 6.07) is 0. The number of unbranched alkanes of at least 4 members (excludes halogenated alkanes) is 1. The maximum atomic E-state index is 12.0. The molecule has 0 heterocycles. The highest BCUT2D eigenvalue weighted by atomic mass is 19.4. The number of halogens is 3. The maximum Gasteiger partial charge on any atom is 0.428 e. The van der Waals surface area contributed by atoms with E-state index in [0.29, 0.717) is 6.54 Å². The molecule has 1 atom stereocenters. The van der Waals surface area contributed by atoms with Crippen molar-refractivity contribution in [1.82, 2.24) is 5.32 Å². The Morgan fingerprint density at radius 1 is 1.42 bits per heavy atom. The van der Waals surface area contributed by atoms with Gasteiger partial charge in [-0.05, 0) is 13.0 Å². The van der Waals surface area contributed by atoms with Crippen molar-refractivity contribution in [2.24, 2.45) is 0 Å². The lowest BCUT2D eigenvalue weighted by molar-refractivity contribution is -0.222. The summed E-state index contributed by atoms with van der Waals surface area (Å²) in [4.78, 5) is 0. The van der Waals surface area contributed by atoms with Crippen molar-refractivity contribution in [1.29, 1.82) is 0 Å². The summed E-state index contributed by atoms with van der Waals surface area (Å²) in [5, 5.41) is 2.26. The molecule has 0 aromatic rings. The number of hydrogen-bond donors (Lipinski definition) is 1. The lowest BCUT2D eigenvalue weighted by atomic mass is 10.3. The summed E-state index contributed by atoms with van der Waals surface area (Å²) in [5.41, 5.74) is 0. The van der Waals surface area contributed by atoms with Gasteiger partial charge < -0.3 is 4.74 Å². The van der Waals surface area contributed by atoms with Gasteiger partial charge >= 0.3 is 6.18 Å². The molecular formula is C7H14F3NO.